The summed E-state index contributed by atoms with van der Waals surface area (Å²) in [4.78, 5) is 15.1. The molecule has 1 N–H and O–H groups in total. The molecule has 1 amide bonds. The van der Waals surface area contributed by atoms with Crippen LogP contribution in [0.4, 0.5) is 5.69 Å². The van der Waals surface area contributed by atoms with Gasteiger partial charge in [-0.25, -0.2) is 16.8 Å². The first-order valence-corrected chi connectivity index (χ1v) is 15.2. The number of sulfonamides is 2. The number of ether oxygens (including phenoxy) is 2. The van der Waals surface area contributed by atoms with Crippen molar-refractivity contribution in [2.45, 2.75) is 37.8 Å². The highest BCUT2D eigenvalue weighted by atomic mass is 32.2. The van der Waals surface area contributed by atoms with Gasteiger partial charge in [-0.15, -0.1) is 0 Å². The predicted molar refractivity (Wildman–Crippen MR) is 142 cm³/mol. The quantitative estimate of drug-likeness (QED) is 0.604. The van der Waals surface area contributed by atoms with Crippen molar-refractivity contribution in [2.75, 3.05) is 44.8 Å². The maximum Gasteiger partial charge on any atom is 0.262 e. The molecule has 3 atom stereocenters. The fourth-order valence-electron chi connectivity index (χ4n) is 4.34. The lowest BCUT2D eigenvalue weighted by Crippen LogP contribution is -2.48. The number of aryl methyl sites for hydroxylation is 1. The average molecular weight is 554 g/mol. The lowest BCUT2D eigenvalue weighted by Gasteiger charge is -2.34. The third-order valence-electron chi connectivity index (χ3n) is 6.45. The lowest BCUT2D eigenvalue weighted by atomic mass is 10.0. The Hall–Kier alpha value is -2.67. The second-order valence-corrected chi connectivity index (χ2v) is 13.1. The Kier molecular flexibility index (Phi) is 8.89. The summed E-state index contributed by atoms with van der Waals surface area (Å²) >= 11 is 0. The molecular formula is C25H35N3O7S2. The smallest absolute Gasteiger partial charge is 0.262 e. The van der Waals surface area contributed by atoms with Gasteiger partial charge in [-0.05, 0) is 49.6 Å². The van der Waals surface area contributed by atoms with Crippen molar-refractivity contribution in [1.82, 2.24) is 9.21 Å². The molecule has 0 fully saturated rings. The molecule has 0 saturated carbocycles. The molecule has 0 radical (unpaired) electrons. The van der Waals surface area contributed by atoms with Crippen LogP contribution in [0.15, 0.2) is 47.4 Å². The van der Waals surface area contributed by atoms with Gasteiger partial charge in [-0.3, -0.25) is 9.52 Å². The van der Waals surface area contributed by atoms with E-state index in [9.17, 15) is 21.6 Å². The van der Waals surface area contributed by atoms with Gasteiger partial charge < -0.3 is 14.4 Å². The number of methoxy groups -OCH3 is 1. The van der Waals surface area contributed by atoms with Crippen LogP contribution >= 0.6 is 0 Å². The van der Waals surface area contributed by atoms with Crippen LogP contribution in [0, 0.1) is 12.8 Å². The molecule has 0 bridgehead atoms. The molecule has 2 aromatic carbocycles. The van der Waals surface area contributed by atoms with Crippen LogP contribution in [-0.4, -0.2) is 84.2 Å². The van der Waals surface area contributed by atoms with Gasteiger partial charge in [0.1, 0.15) is 12.4 Å². The molecule has 0 unspecified atom stereocenters. The van der Waals surface area contributed by atoms with Crippen molar-refractivity contribution in [1.29, 1.82) is 0 Å². The Morgan fingerprint density at radius 1 is 1.05 bits per heavy atom. The van der Waals surface area contributed by atoms with Crippen LogP contribution in [0.5, 0.6) is 5.75 Å². The zero-order chi connectivity index (χ0) is 27.5. The normalized spacial score (nSPS) is 22.4. The summed E-state index contributed by atoms with van der Waals surface area (Å²) in [5, 5.41) is 0. The number of carbonyl (C=O) groups is 1. The fourth-order valence-corrected chi connectivity index (χ4v) is 6.85. The second-order valence-electron chi connectivity index (χ2n) is 9.51. The number of likely N-dealkylation sites (N-methyl/N-ethyl adjacent to an activating group) is 1. The third kappa shape index (κ3) is 6.81. The van der Waals surface area contributed by atoms with Gasteiger partial charge in [0, 0.05) is 32.9 Å². The Labute approximate surface area is 219 Å². The van der Waals surface area contributed by atoms with E-state index in [1.807, 2.05) is 6.92 Å². The monoisotopic (exact) mass is 553 g/mol. The van der Waals surface area contributed by atoms with Gasteiger partial charge in [0.05, 0.1) is 28.9 Å². The Balaban J connectivity index is 2.02. The first-order valence-electron chi connectivity index (χ1n) is 11.8. The number of nitrogens with one attached hydrogen (secondary N) is 1. The SMILES string of the molecule is CO[C@@H]1CN(C)C(=O)c2cc(NS(=O)(=O)c3ccccc3C)ccc2OC[C@@H](C)N(S(C)(=O)=O)C[C@H]1C. The highest BCUT2D eigenvalue weighted by Crippen LogP contribution is 2.28. The molecule has 10 nitrogen and oxygen atoms in total. The minimum absolute atomic E-state index is 0.00425. The molecule has 0 aromatic heterocycles. The first-order chi connectivity index (χ1) is 17.2. The fraction of sp³-hybridized carbons (Fsp3) is 0.480. The Bertz CT molecular complexity index is 1350. The molecule has 37 heavy (non-hydrogen) atoms. The van der Waals surface area contributed by atoms with Gasteiger partial charge >= 0.3 is 0 Å². The highest BCUT2D eigenvalue weighted by molar-refractivity contribution is 7.92. The van der Waals surface area contributed by atoms with Gasteiger partial charge in [0.25, 0.3) is 15.9 Å². The number of amides is 1. The van der Waals surface area contributed by atoms with Crippen LogP contribution in [0.2, 0.25) is 0 Å². The minimum Gasteiger partial charge on any atom is -0.491 e. The summed E-state index contributed by atoms with van der Waals surface area (Å²) in [5.74, 6) is -0.378. The summed E-state index contributed by atoms with van der Waals surface area (Å²) in [7, 11) is -4.32. The molecule has 1 heterocycles. The largest absolute Gasteiger partial charge is 0.491 e. The number of nitrogens with zero attached hydrogens (tertiary/aromatic N) is 2. The number of hydrogen-bond donors (Lipinski definition) is 1. The predicted octanol–water partition coefficient (Wildman–Crippen LogP) is 2.56. The van der Waals surface area contributed by atoms with E-state index < -0.39 is 32.2 Å². The number of rotatable bonds is 5. The third-order valence-corrected chi connectivity index (χ3v) is 9.35. The zero-order valence-electron chi connectivity index (χ0n) is 22.0. The highest BCUT2D eigenvalue weighted by Gasteiger charge is 2.32. The molecule has 204 valence electrons. The minimum atomic E-state index is -3.90. The van der Waals surface area contributed by atoms with E-state index in [1.54, 1.807) is 39.1 Å². The Morgan fingerprint density at radius 2 is 1.73 bits per heavy atom. The van der Waals surface area contributed by atoms with E-state index >= 15 is 0 Å². The topological polar surface area (TPSA) is 122 Å². The van der Waals surface area contributed by atoms with Crippen LogP contribution in [0.1, 0.15) is 29.8 Å². The van der Waals surface area contributed by atoms with Crippen molar-refractivity contribution < 1.29 is 31.1 Å². The molecule has 0 spiro atoms. The van der Waals surface area contributed by atoms with Crippen LogP contribution in [0.3, 0.4) is 0 Å². The maximum atomic E-state index is 13.5. The summed E-state index contributed by atoms with van der Waals surface area (Å²) in [6.07, 6.45) is 0.720. The molecule has 1 aliphatic heterocycles. The van der Waals surface area contributed by atoms with Crippen molar-refractivity contribution in [3.63, 3.8) is 0 Å². The number of carbonyl (C=O) groups excluding carboxylic acids is 1. The number of benzene rings is 2. The van der Waals surface area contributed by atoms with Crippen LogP contribution < -0.4 is 9.46 Å². The van der Waals surface area contributed by atoms with E-state index in [2.05, 4.69) is 4.72 Å². The van der Waals surface area contributed by atoms with E-state index in [0.29, 0.717) is 5.56 Å². The summed E-state index contributed by atoms with van der Waals surface area (Å²) < 4.78 is 66.6. The molecule has 0 saturated heterocycles. The number of anilines is 1. The average Bonchev–Trinajstić information content (AvgIpc) is 2.82. The van der Waals surface area contributed by atoms with Crippen molar-refractivity contribution >= 4 is 31.6 Å². The summed E-state index contributed by atoms with van der Waals surface area (Å²) in [5.41, 5.74) is 0.931. The summed E-state index contributed by atoms with van der Waals surface area (Å²) in [6.45, 7) is 5.71. The van der Waals surface area contributed by atoms with E-state index in [0.717, 1.165) is 6.26 Å². The standard InChI is InChI=1S/C25H35N3O7S2/c1-17-9-7-8-10-24(17)37(32,33)26-20-11-12-22-21(13-20)25(29)27(4)15-23(34-5)18(2)14-28(36(6,30)31)19(3)16-35-22/h7-13,18-19,23,26H,14-16H2,1-6H3/t18-,19-,23-/m1/s1. The van der Waals surface area contributed by atoms with E-state index in [-0.39, 0.29) is 53.4 Å². The van der Waals surface area contributed by atoms with Crippen molar-refractivity contribution in [3.05, 3.63) is 53.6 Å². The summed E-state index contributed by atoms with van der Waals surface area (Å²) in [6, 6.07) is 10.5. The molecule has 12 heteroatoms. The van der Waals surface area contributed by atoms with E-state index in [4.69, 9.17) is 9.47 Å². The molecule has 1 aliphatic rings. The van der Waals surface area contributed by atoms with Gasteiger partial charge in [0.15, 0.2) is 0 Å². The van der Waals surface area contributed by atoms with Crippen molar-refractivity contribution in [2.24, 2.45) is 5.92 Å². The first kappa shape index (κ1) is 28.9. The zero-order valence-corrected chi connectivity index (χ0v) is 23.6. The van der Waals surface area contributed by atoms with Gasteiger partial charge in [-0.1, -0.05) is 25.1 Å². The van der Waals surface area contributed by atoms with Gasteiger partial charge in [-0.2, -0.15) is 4.31 Å². The Morgan fingerprint density at radius 3 is 2.35 bits per heavy atom. The van der Waals surface area contributed by atoms with E-state index in [1.165, 1.54) is 40.6 Å². The van der Waals surface area contributed by atoms with Gasteiger partial charge in [0.2, 0.25) is 10.0 Å². The second kappa shape index (κ2) is 11.4. The maximum absolute atomic E-state index is 13.5. The van der Waals surface area contributed by atoms with Crippen molar-refractivity contribution in [3.8, 4) is 5.75 Å². The lowest BCUT2D eigenvalue weighted by molar-refractivity contribution is 0.0213. The molecule has 3 rings (SSSR count). The molecular weight excluding hydrogens is 518 g/mol. The molecule has 0 aliphatic carbocycles. The number of fused-ring (bicyclic) bond motifs is 1. The van der Waals surface area contributed by atoms with Crippen LogP contribution in [-0.2, 0) is 24.8 Å². The number of hydrogen-bond acceptors (Lipinski definition) is 7. The van der Waals surface area contributed by atoms with Crippen LogP contribution in [0.25, 0.3) is 0 Å². The molecule has 2 aromatic rings.